The molecule has 0 radical (unpaired) electrons. The van der Waals surface area contributed by atoms with Gasteiger partial charge in [-0.05, 0) is 17.7 Å². The molecule has 0 spiro atoms. The molecule has 0 aliphatic rings. The highest BCUT2D eigenvalue weighted by Gasteiger charge is 2.19. The van der Waals surface area contributed by atoms with Crippen molar-refractivity contribution in [3.63, 3.8) is 0 Å². The lowest BCUT2D eigenvalue weighted by molar-refractivity contribution is -0.141. The number of ether oxygens (including phenoxy) is 3. The number of carbonyl (C=O) groups excluding carboxylic acids is 2. The van der Waals surface area contributed by atoms with Crippen molar-refractivity contribution < 1.29 is 27.9 Å². The smallest absolute Gasteiger partial charge is 0.307 e. The molecule has 1 N–H and O–H groups in total. The zero-order valence-electron chi connectivity index (χ0n) is 14.6. The van der Waals surface area contributed by atoms with Crippen LogP contribution >= 0.6 is 0 Å². The predicted octanol–water partition coefficient (Wildman–Crippen LogP) is 1.44. The fourth-order valence-electron chi connectivity index (χ4n) is 1.73. The first kappa shape index (κ1) is 11.6. The molecule has 110 valence electrons. The number of hydrogen-bond acceptors (Lipinski definition) is 5. The van der Waals surface area contributed by atoms with Gasteiger partial charge in [0.1, 0.15) is 0 Å². The lowest BCUT2D eigenvalue weighted by Crippen LogP contribution is -2.28. The molecule has 6 heteroatoms. The summed E-state index contributed by atoms with van der Waals surface area (Å²) in [4.78, 5) is 23.2. The van der Waals surface area contributed by atoms with Crippen LogP contribution in [0.2, 0.25) is 0 Å². The van der Waals surface area contributed by atoms with Crippen LogP contribution in [0.15, 0.2) is 18.2 Å². The van der Waals surface area contributed by atoms with Crippen molar-refractivity contribution in [2.75, 3.05) is 21.3 Å². The third-order valence-corrected chi connectivity index (χ3v) is 2.71. The first-order chi connectivity index (χ1) is 10.7. The summed E-state index contributed by atoms with van der Waals surface area (Å²) in [6.07, 6.45) is -0.214. The molecular formula is C14H19NO5. The summed E-state index contributed by atoms with van der Waals surface area (Å²) in [7, 11) is 4.12. The molecule has 1 atom stereocenters. The van der Waals surface area contributed by atoms with Crippen LogP contribution in [-0.2, 0) is 14.3 Å². The molecule has 0 saturated heterocycles. The van der Waals surface area contributed by atoms with E-state index in [1.54, 1.807) is 18.2 Å². The van der Waals surface area contributed by atoms with Crippen LogP contribution in [0.5, 0.6) is 11.5 Å². The van der Waals surface area contributed by atoms with Crippen LogP contribution in [0, 0.1) is 0 Å². The van der Waals surface area contributed by atoms with Gasteiger partial charge in [-0.25, -0.2) is 0 Å². The highest BCUT2D eigenvalue weighted by Crippen LogP contribution is 2.31. The summed E-state index contributed by atoms with van der Waals surface area (Å²) in [5, 5.41) is 2.33. The van der Waals surface area contributed by atoms with E-state index in [2.05, 4.69) is 10.1 Å². The van der Waals surface area contributed by atoms with Crippen LogP contribution < -0.4 is 14.8 Å². The Bertz CT molecular complexity index is 574. The number of hydrogen-bond donors (Lipinski definition) is 1. The molecule has 0 aromatic heterocycles. The first-order valence-corrected chi connectivity index (χ1v) is 5.82. The summed E-state index contributed by atoms with van der Waals surface area (Å²) in [5.74, 6) is -0.880. The molecule has 0 unspecified atom stereocenters. The van der Waals surface area contributed by atoms with Crippen molar-refractivity contribution in [3.8, 4) is 11.5 Å². The van der Waals surface area contributed by atoms with Crippen LogP contribution in [0.4, 0.5) is 0 Å². The monoisotopic (exact) mass is 284 g/mol. The summed E-state index contributed by atoms with van der Waals surface area (Å²) < 4.78 is 36.2. The molecule has 1 aromatic rings. The van der Waals surface area contributed by atoms with E-state index in [1.165, 1.54) is 21.3 Å². The molecule has 6 nitrogen and oxygen atoms in total. The number of amides is 1. The molecule has 1 rings (SSSR count). The lowest BCUT2D eigenvalue weighted by atomic mass is 10.0. The Labute approximate surface area is 122 Å². The number of benzene rings is 1. The molecular weight excluding hydrogens is 262 g/mol. The van der Waals surface area contributed by atoms with Crippen LogP contribution in [0.3, 0.4) is 0 Å². The Hall–Kier alpha value is -2.24. The molecule has 0 fully saturated rings. The molecule has 0 aliphatic carbocycles. The molecule has 20 heavy (non-hydrogen) atoms. The van der Waals surface area contributed by atoms with Gasteiger partial charge in [-0.2, -0.15) is 0 Å². The second-order valence-electron chi connectivity index (χ2n) is 3.92. The van der Waals surface area contributed by atoms with E-state index in [4.69, 9.17) is 13.6 Å². The molecule has 0 saturated carbocycles. The van der Waals surface area contributed by atoms with Crippen LogP contribution in [0.25, 0.3) is 0 Å². The third-order valence-electron chi connectivity index (χ3n) is 2.71. The van der Waals surface area contributed by atoms with E-state index in [0.717, 1.165) is 0 Å². The van der Waals surface area contributed by atoms with Crippen molar-refractivity contribution in [1.29, 1.82) is 0 Å². The third kappa shape index (κ3) is 4.15. The fourth-order valence-corrected chi connectivity index (χ4v) is 1.73. The predicted molar refractivity (Wildman–Crippen MR) is 72.7 cm³/mol. The van der Waals surface area contributed by atoms with Crippen LogP contribution in [-0.4, -0.2) is 33.2 Å². The number of carbonyl (C=O) groups is 2. The van der Waals surface area contributed by atoms with E-state index in [9.17, 15) is 9.59 Å². The summed E-state index contributed by atoms with van der Waals surface area (Å²) >= 11 is 0. The lowest BCUT2D eigenvalue weighted by Gasteiger charge is -2.18. The Kier molecular flexibility index (Phi) is 4.27. The maximum atomic E-state index is 11.7. The van der Waals surface area contributed by atoms with Gasteiger partial charge in [-0.15, -0.1) is 0 Å². The van der Waals surface area contributed by atoms with Crippen molar-refractivity contribution in [2.45, 2.75) is 19.3 Å². The minimum Gasteiger partial charge on any atom is -0.493 e. The van der Waals surface area contributed by atoms with Gasteiger partial charge in [-0.1, -0.05) is 6.07 Å². The van der Waals surface area contributed by atoms with Crippen molar-refractivity contribution >= 4 is 11.9 Å². The fraction of sp³-hybridized carbons (Fsp3) is 0.429. The standard InChI is InChI=1S/C14H19NO5/c1-9(16)15-11(8-14(17)20-4)10-5-6-12(18-2)13(7-10)19-3/h5-7,11H,8H2,1-4H3,(H,15,16)/t11-/m1/s1/i1D3. The maximum Gasteiger partial charge on any atom is 0.307 e. The minimum absolute atomic E-state index is 0.214. The normalized spacial score (nSPS) is 14.2. The van der Waals surface area contributed by atoms with E-state index in [-0.39, 0.29) is 6.42 Å². The van der Waals surface area contributed by atoms with E-state index >= 15 is 0 Å². The Balaban J connectivity index is 3.13. The average molecular weight is 284 g/mol. The molecule has 1 aromatic carbocycles. The van der Waals surface area contributed by atoms with Crippen LogP contribution in [0.1, 0.15) is 29.0 Å². The summed E-state index contributed by atoms with van der Waals surface area (Å²) in [6.45, 7) is -2.81. The van der Waals surface area contributed by atoms with Crippen molar-refractivity contribution in [2.24, 2.45) is 0 Å². The average Bonchev–Trinajstić information content (AvgIpc) is 2.52. The zero-order valence-corrected chi connectivity index (χ0v) is 11.6. The largest absolute Gasteiger partial charge is 0.493 e. The number of methoxy groups -OCH3 is 3. The van der Waals surface area contributed by atoms with Gasteiger partial charge in [0.25, 0.3) is 0 Å². The highest BCUT2D eigenvalue weighted by atomic mass is 16.5. The number of esters is 1. The van der Waals surface area contributed by atoms with Gasteiger partial charge in [-0.3, -0.25) is 9.59 Å². The van der Waals surface area contributed by atoms with Gasteiger partial charge < -0.3 is 19.5 Å². The van der Waals surface area contributed by atoms with Gasteiger partial charge in [0, 0.05) is 11.0 Å². The summed E-state index contributed by atoms with van der Waals surface area (Å²) in [6, 6.07) is 3.90. The highest BCUT2D eigenvalue weighted by molar-refractivity contribution is 5.76. The summed E-state index contributed by atoms with van der Waals surface area (Å²) in [5.41, 5.74) is 0.491. The molecule has 1 amide bonds. The number of nitrogens with one attached hydrogen (secondary N) is 1. The maximum absolute atomic E-state index is 11.7. The Morgan fingerprint density at radius 3 is 2.50 bits per heavy atom. The second kappa shape index (κ2) is 7.37. The van der Waals surface area contributed by atoms with Gasteiger partial charge >= 0.3 is 5.97 Å². The Morgan fingerprint density at radius 2 is 1.95 bits per heavy atom. The van der Waals surface area contributed by atoms with Crippen molar-refractivity contribution in [1.82, 2.24) is 5.32 Å². The van der Waals surface area contributed by atoms with E-state index in [0.29, 0.717) is 17.1 Å². The van der Waals surface area contributed by atoms with Gasteiger partial charge in [0.15, 0.2) is 11.5 Å². The Morgan fingerprint density at radius 1 is 1.25 bits per heavy atom. The van der Waals surface area contributed by atoms with Gasteiger partial charge in [0.2, 0.25) is 5.91 Å². The molecule has 0 bridgehead atoms. The van der Waals surface area contributed by atoms with E-state index in [1.807, 2.05) is 0 Å². The SMILES string of the molecule is [2H]C([2H])([2H])C(=O)N[C@H](CC(=O)OC)c1ccc(OC)c(OC)c1. The quantitative estimate of drug-likeness (QED) is 0.800. The minimum atomic E-state index is -2.81. The van der Waals surface area contributed by atoms with E-state index < -0.39 is 24.8 Å². The second-order valence-corrected chi connectivity index (χ2v) is 3.92. The number of rotatable bonds is 6. The van der Waals surface area contributed by atoms with Crippen molar-refractivity contribution in [3.05, 3.63) is 23.8 Å². The van der Waals surface area contributed by atoms with Gasteiger partial charge in [0.05, 0.1) is 33.8 Å². The first-order valence-electron chi connectivity index (χ1n) is 7.32. The topological polar surface area (TPSA) is 73.9 Å². The molecule has 0 heterocycles. The molecule has 0 aliphatic heterocycles. The zero-order chi connectivity index (χ0) is 17.6.